The minimum Gasteiger partial charge on any atom is -0.396 e. The van der Waals surface area contributed by atoms with Crippen LogP contribution in [0, 0.1) is 11.7 Å². The zero-order valence-electron chi connectivity index (χ0n) is 10.2. The van der Waals surface area contributed by atoms with Crippen LogP contribution in [0.15, 0.2) is 24.3 Å². The molecule has 1 atom stereocenters. The predicted octanol–water partition coefficient (Wildman–Crippen LogP) is 1.65. The second kappa shape index (κ2) is 5.96. The van der Waals surface area contributed by atoms with Crippen molar-refractivity contribution in [1.29, 1.82) is 0 Å². The number of halogens is 1. The number of hydrogen-bond acceptors (Lipinski definition) is 2. The van der Waals surface area contributed by atoms with Gasteiger partial charge in [-0.25, -0.2) is 4.39 Å². The third-order valence-corrected chi connectivity index (χ3v) is 3.29. The van der Waals surface area contributed by atoms with Gasteiger partial charge in [-0.2, -0.15) is 0 Å². The number of nitrogens with one attached hydrogen (secondary N) is 1. The lowest BCUT2D eigenvalue weighted by molar-refractivity contribution is -0.121. The van der Waals surface area contributed by atoms with Crippen molar-refractivity contribution in [2.45, 2.75) is 31.7 Å². The van der Waals surface area contributed by atoms with E-state index in [4.69, 9.17) is 5.11 Å². The number of amides is 1. The second-order valence-electron chi connectivity index (χ2n) is 4.79. The van der Waals surface area contributed by atoms with Crippen LogP contribution in [0.5, 0.6) is 0 Å². The Bertz CT molecular complexity index is 418. The van der Waals surface area contributed by atoms with Gasteiger partial charge in [-0.15, -0.1) is 0 Å². The molecule has 1 aromatic rings. The van der Waals surface area contributed by atoms with Gasteiger partial charge in [0.05, 0.1) is 6.42 Å². The summed E-state index contributed by atoms with van der Waals surface area (Å²) in [5, 5.41) is 11.8. The molecule has 2 N–H and O–H groups in total. The summed E-state index contributed by atoms with van der Waals surface area (Å²) >= 11 is 0. The molecule has 4 heteroatoms. The fourth-order valence-electron chi connectivity index (χ4n) is 2.14. The number of aliphatic hydroxyl groups excluding tert-OH is 1. The Hall–Kier alpha value is -1.42. The van der Waals surface area contributed by atoms with Gasteiger partial charge in [-0.3, -0.25) is 4.79 Å². The zero-order valence-corrected chi connectivity index (χ0v) is 10.2. The standard InChI is InChI=1S/C14H18FNO2/c15-12-4-2-1-3-11(12)9-14(18)16-13(7-8-17)10-5-6-10/h1-4,10,13,17H,5-9H2,(H,16,18). The normalized spacial score (nSPS) is 16.3. The second-order valence-corrected chi connectivity index (χ2v) is 4.79. The van der Waals surface area contributed by atoms with Crippen molar-refractivity contribution in [3.63, 3.8) is 0 Å². The van der Waals surface area contributed by atoms with Crippen LogP contribution in [-0.4, -0.2) is 23.7 Å². The molecule has 1 amide bonds. The van der Waals surface area contributed by atoms with E-state index in [2.05, 4.69) is 5.32 Å². The Morgan fingerprint density at radius 2 is 2.17 bits per heavy atom. The molecule has 0 saturated heterocycles. The molecule has 1 aliphatic rings. The Morgan fingerprint density at radius 1 is 1.44 bits per heavy atom. The summed E-state index contributed by atoms with van der Waals surface area (Å²) in [5.41, 5.74) is 0.411. The molecule has 0 aliphatic heterocycles. The SMILES string of the molecule is O=C(Cc1ccccc1F)NC(CCO)C1CC1. The lowest BCUT2D eigenvalue weighted by Crippen LogP contribution is -2.38. The van der Waals surface area contributed by atoms with Gasteiger partial charge < -0.3 is 10.4 Å². The van der Waals surface area contributed by atoms with Gasteiger partial charge in [0.1, 0.15) is 5.82 Å². The van der Waals surface area contributed by atoms with Crippen molar-refractivity contribution in [2.75, 3.05) is 6.61 Å². The van der Waals surface area contributed by atoms with Crippen LogP contribution in [0.1, 0.15) is 24.8 Å². The van der Waals surface area contributed by atoms with E-state index in [9.17, 15) is 9.18 Å². The van der Waals surface area contributed by atoms with Crippen molar-refractivity contribution in [3.05, 3.63) is 35.6 Å². The Balaban J connectivity index is 1.89. The van der Waals surface area contributed by atoms with Crippen molar-refractivity contribution in [1.82, 2.24) is 5.32 Å². The van der Waals surface area contributed by atoms with Crippen LogP contribution < -0.4 is 5.32 Å². The van der Waals surface area contributed by atoms with E-state index in [-0.39, 0.29) is 30.8 Å². The first-order chi connectivity index (χ1) is 8.70. The van der Waals surface area contributed by atoms with Crippen molar-refractivity contribution in [2.24, 2.45) is 5.92 Å². The minimum atomic E-state index is -0.349. The number of carbonyl (C=O) groups excluding carboxylic acids is 1. The largest absolute Gasteiger partial charge is 0.396 e. The highest BCUT2D eigenvalue weighted by atomic mass is 19.1. The van der Waals surface area contributed by atoms with Crippen LogP contribution in [0.4, 0.5) is 4.39 Å². The maximum absolute atomic E-state index is 13.4. The number of benzene rings is 1. The van der Waals surface area contributed by atoms with Gasteiger partial charge in [0.15, 0.2) is 0 Å². The molecule has 1 saturated carbocycles. The molecule has 1 aromatic carbocycles. The smallest absolute Gasteiger partial charge is 0.224 e. The summed E-state index contributed by atoms with van der Waals surface area (Å²) in [6, 6.07) is 6.34. The summed E-state index contributed by atoms with van der Waals surface area (Å²) in [7, 11) is 0. The molecule has 18 heavy (non-hydrogen) atoms. The van der Waals surface area contributed by atoms with Crippen molar-refractivity contribution < 1.29 is 14.3 Å². The van der Waals surface area contributed by atoms with Gasteiger partial charge in [0.2, 0.25) is 5.91 Å². The highest BCUT2D eigenvalue weighted by Gasteiger charge is 2.31. The first-order valence-corrected chi connectivity index (χ1v) is 6.34. The fourth-order valence-corrected chi connectivity index (χ4v) is 2.14. The van der Waals surface area contributed by atoms with Crippen LogP contribution in [0.2, 0.25) is 0 Å². The topological polar surface area (TPSA) is 49.3 Å². The molecular formula is C14H18FNO2. The molecule has 3 nitrogen and oxygen atoms in total. The van der Waals surface area contributed by atoms with Gasteiger partial charge in [-0.05, 0) is 36.8 Å². The van der Waals surface area contributed by atoms with Crippen molar-refractivity contribution in [3.8, 4) is 0 Å². The molecule has 1 aliphatic carbocycles. The van der Waals surface area contributed by atoms with E-state index in [0.717, 1.165) is 12.8 Å². The lowest BCUT2D eigenvalue weighted by atomic mass is 10.1. The molecular weight excluding hydrogens is 233 g/mol. The van der Waals surface area contributed by atoms with E-state index in [1.807, 2.05) is 0 Å². The number of carbonyl (C=O) groups is 1. The van der Waals surface area contributed by atoms with Crippen LogP contribution in [-0.2, 0) is 11.2 Å². The van der Waals surface area contributed by atoms with Crippen LogP contribution in [0.3, 0.4) is 0 Å². The molecule has 0 radical (unpaired) electrons. The van der Waals surface area contributed by atoms with Gasteiger partial charge >= 0.3 is 0 Å². The van der Waals surface area contributed by atoms with E-state index in [1.165, 1.54) is 6.07 Å². The molecule has 0 aromatic heterocycles. The van der Waals surface area contributed by atoms with E-state index in [0.29, 0.717) is 17.9 Å². The number of aliphatic hydroxyl groups is 1. The Morgan fingerprint density at radius 3 is 2.78 bits per heavy atom. The minimum absolute atomic E-state index is 0.0364. The Labute approximate surface area is 106 Å². The summed E-state index contributed by atoms with van der Waals surface area (Å²) in [5.74, 6) is -0.0371. The van der Waals surface area contributed by atoms with Gasteiger partial charge in [-0.1, -0.05) is 18.2 Å². The quantitative estimate of drug-likeness (QED) is 0.807. The highest BCUT2D eigenvalue weighted by Crippen LogP contribution is 2.33. The maximum atomic E-state index is 13.4. The third-order valence-electron chi connectivity index (χ3n) is 3.29. The van der Waals surface area contributed by atoms with Gasteiger partial charge in [0, 0.05) is 12.6 Å². The van der Waals surface area contributed by atoms with E-state index >= 15 is 0 Å². The van der Waals surface area contributed by atoms with E-state index in [1.54, 1.807) is 18.2 Å². The number of rotatable bonds is 6. The molecule has 1 unspecified atom stereocenters. The predicted molar refractivity (Wildman–Crippen MR) is 66.5 cm³/mol. The first kappa shape index (κ1) is 13.0. The molecule has 0 spiro atoms. The summed E-state index contributed by atoms with van der Waals surface area (Å²) < 4.78 is 13.4. The lowest BCUT2D eigenvalue weighted by Gasteiger charge is -2.17. The zero-order chi connectivity index (χ0) is 13.0. The molecule has 0 heterocycles. The summed E-state index contributed by atoms with van der Waals surface area (Å²) in [6.07, 6.45) is 2.84. The van der Waals surface area contributed by atoms with Crippen LogP contribution >= 0.6 is 0 Å². The monoisotopic (exact) mass is 251 g/mol. The van der Waals surface area contributed by atoms with Crippen LogP contribution in [0.25, 0.3) is 0 Å². The summed E-state index contributed by atoms with van der Waals surface area (Å²) in [6.45, 7) is 0.0706. The molecule has 2 rings (SSSR count). The average molecular weight is 251 g/mol. The average Bonchev–Trinajstić information content (AvgIpc) is 3.16. The Kier molecular flexibility index (Phi) is 4.31. The van der Waals surface area contributed by atoms with Gasteiger partial charge in [0.25, 0.3) is 0 Å². The maximum Gasteiger partial charge on any atom is 0.224 e. The highest BCUT2D eigenvalue weighted by molar-refractivity contribution is 5.79. The molecule has 1 fully saturated rings. The van der Waals surface area contributed by atoms with Crippen molar-refractivity contribution >= 4 is 5.91 Å². The first-order valence-electron chi connectivity index (χ1n) is 6.34. The molecule has 0 bridgehead atoms. The van der Waals surface area contributed by atoms with E-state index < -0.39 is 0 Å². The fraction of sp³-hybridized carbons (Fsp3) is 0.500. The molecule has 98 valence electrons. The summed E-state index contributed by atoms with van der Waals surface area (Å²) in [4.78, 5) is 11.8. The third kappa shape index (κ3) is 3.53. The number of hydrogen-bond donors (Lipinski definition) is 2.